The topological polar surface area (TPSA) is 105 Å². The highest BCUT2D eigenvalue weighted by Gasteiger charge is 2.17. The second-order valence-electron chi connectivity index (χ2n) is 6.52. The fourth-order valence-electron chi connectivity index (χ4n) is 2.76. The molecule has 3 rings (SSSR count). The SMILES string of the molecule is CC(=O)Nc1cc(S(C)(=O)=O)ccc1C(=O)Nc1ccc(Cl)c(-c2ccccn2)c1. The Morgan fingerprint density at radius 3 is 2.40 bits per heavy atom. The van der Waals surface area contributed by atoms with Crippen LogP contribution < -0.4 is 10.6 Å². The second-order valence-corrected chi connectivity index (χ2v) is 8.95. The van der Waals surface area contributed by atoms with Gasteiger partial charge in [0.2, 0.25) is 5.91 Å². The van der Waals surface area contributed by atoms with Crippen molar-refractivity contribution in [2.45, 2.75) is 11.8 Å². The van der Waals surface area contributed by atoms with Crippen molar-refractivity contribution in [3.8, 4) is 11.3 Å². The van der Waals surface area contributed by atoms with Gasteiger partial charge in [-0.25, -0.2) is 8.42 Å². The number of pyridine rings is 1. The number of amides is 2. The highest BCUT2D eigenvalue weighted by molar-refractivity contribution is 7.90. The lowest BCUT2D eigenvalue weighted by Gasteiger charge is -2.13. The van der Waals surface area contributed by atoms with Gasteiger partial charge in [0.1, 0.15) is 0 Å². The minimum Gasteiger partial charge on any atom is -0.326 e. The smallest absolute Gasteiger partial charge is 0.257 e. The van der Waals surface area contributed by atoms with Crippen LogP contribution in [0.2, 0.25) is 5.02 Å². The first kappa shape index (κ1) is 21.5. The third-order valence-corrected chi connectivity index (χ3v) is 5.58. The Bertz CT molecular complexity index is 1230. The summed E-state index contributed by atoms with van der Waals surface area (Å²) in [5.41, 5.74) is 1.97. The third kappa shape index (κ3) is 5.03. The molecule has 7 nitrogen and oxygen atoms in total. The van der Waals surface area contributed by atoms with E-state index in [0.717, 1.165) is 6.26 Å². The Morgan fingerprint density at radius 1 is 1.00 bits per heavy atom. The van der Waals surface area contributed by atoms with Crippen LogP contribution in [0.15, 0.2) is 65.7 Å². The molecular formula is C21H18ClN3O4S. The number of carbonyl (C=O) groups is 2. The molecule has 0 fully saturated rings. The standard InChI is InChI=1S/C21H18ClN3O4S/c1-13(26)24-20-12-15(30(2,28)29)7-8-16(20)21(27)25-14-6-9-18(22)17(11-14)19-5-3-4-10-23-19/h3-12H,1-2H3,(H,24,26)(H,25,27). The van der Waals surface area contributed by atoms with Crippen LogP contribution in [-0.4, -0.2) is 31.5 Å². The van der Waals surface area contributed by atoms with Gasteiger partial charge in [-0.05, 0) is 48.5 Å². The van der Waals surface area contributed by atoms with Gasteiger partial charge < -0.3 is 10.6 Å². The largest absolute Gasteiger partial charge is 0.326 e. The molecular weight excluding hydrogens is 426 g/mol. The van der Waals surface area contributed by atoms with Crippen LogP contribution in [0.3, 0.4) is 0 Å². The number of sulfone groups is 1. The van der Waals surface area contributed by atoms with Gasteiger partial charge in [-0.1, -0.05) is 17.7 Å². The Hall–Kier alpha value is -3.23. The van der Waals surface area contributed by atoms with Gasteiger partial charge in [-0.3, -0.25) is 14.6 Å². The van der Waals surface area contributed by atoms with E-state index in [1.54, 1.807) is 36.5 Å². The monoisotopic (exact) mass is 443 g/mol. The molecule has 2 aromatic carbocycles. The molecule has 0 aliphatic heterocycles. The van der Waals surface area contributed by atoms with Crippen molar-refractivity contribution in [2.75, 3.05) is 16.9 Å². The van der Waals surface area contributed by atoms with Gasteiger partial charge in [0.15, 0.2) is 9.84 Å². The summed E-state index contributed by atoms with van der Waals surface area (Å²) in [6.07, 6.45) is 2.69. The summed E-state index contributed by atoms with van der Waals surface area (Å²) >= 11 is 6.27. The molecule has 0 unspecified atom stereocenters. The maximum Gasteiger partial charge on any atom is 0.257 e. The van der Waals surface area contributed by atoms with E-state index in [-0.39, 0.29) is 16.1 Å². The number of carbonyl (C=O) groups excluding carboxylic acids is 2. The van der Waals surface area contributed by atoms with E-state index in [9.17, 15) is 18.0 Å². The molecule has 9 heteroatoms. The fourth-order valence-corrected chi connectivity index (χ4v) is 3.63. The van der Waals surface area contributed by atoms with Gasteiger partial charge in [0.25, 0.3) is 5.91 Å². The number of halogens is 1. The van der Waals surface area contributed by atoms with Gasteiger partial charge in [0.05, 0.1) is 26.9 Å². The summed E-state index contributed by atoms with van der Waals surface area (Å²) < 4.78 is 23.6. The third-order valence-electron chi connectivity index (χ3n) is 4.14. The maximum atomic E-state index is 12.8. The number of nitrogens with zero attached hydrogens (tertiary/aromatic N) is 1. The molecule has 1 aromatic heterocycles. The summed E-state index contributed by atoms with van der Waals surface area (Å²) in [6, 6.07) is 14.3. The summed E-state index contributed by atoms with van der Waals surface area (Å²) in [6.45, 7) is 1.27. The van der Waals surface area contributed by atoms with Crippen LogP contribution in [0.4, 0.5) is 11.4 Å². The highest BCUT2D eigenvalue weighted by atomic mass is 35.5. The van der Waals surface area contributed by atoms with Crippen LogP contribution in [0.5, 0.6) is 0 Å². The van der Waals surface area contributed by atoms with Gasteiger partial charge in [-0.15, -0.1) is 0 Å². The van der Waals surface area contributed by atoms with Crippen molar-refractivity contribution in [1.82, 2.24) is 4.98 Å². The normalized spacial score (nSPS) is 11.0. The summed E-state index contributed by atoms with van der Waals surface area (Å²) in [7, 11) is -3.51. The first-order chi connectivity index (χ1) is 14.1. The van der Waals surface area contributed by atoms with Crippen molar-refractivity contribution in [2.24, 2.45) is 0 Å². The predicted molar refractivity (Wildman–Crippen MR) is 116 cm³/mol. The van der Waals surface area contributed by atoms with E-state index >= 15 is 0 Å². The number of hydrogen-bond acceptors (Lipinski definition) is 5. The van der Waals surface area contributed by atoms with Crippen LogP contribution in [-0.2, 0) is 14.6 Å². The minimum absolute atomic E-state index is 0.00766. The van der Waals surface area contributed by atoms with Crippen LogP contribution in [0.1, 0.15) is 17.3 Å². The van der Waals surface area contributed by atoms with Crippen molar-refractivity contribution in [1.29, 1.82) is 0 Å². The molecule has 0 aliphatic rings. The number of nitrogens with one attached hydrogen (secondary N) is 2. The lowest BCUT2D eigenvalue weighted by atomic mass is 10.1. The van der Waals surface area contributed by atoms with Gasteiger partial charge in [-0.2, -0.15) is 0 Å². The fraction of sp³-hybridized carbons (Fsp3) is 0.0952. The average Bonchev–Trinajstić information content (AvgIpc) is 2.69. The molecule has 1 heterocycles. The van der Waals surface area contributed by atoms with Crippen molar-refractivity contribution < 1.29 is 18.0 Å². The van der Waals surface area contributed by atoms with Crippen LogP contribution in [0.25, 0.3) is 11.3 Å². The summed E-state index contributed by atoms with van der Waals surface area (Å²) in [4.78, 5) is 28.6. The molecule has 0 saturated carbocycles. The van der Waals surface area contributed by atoms with Crippen molar-refractivity contribution >= 4 is 44.6 Å². The molecule has 3 aromatic rings. The molecule has 0 bridgehead atoms. The van der Waals surface area contributed by atoms with E-state index < -0.39 is 21.7 Å². The Morgan fingerprint density at radius 2 is 1.77 bits per heavy atom. The van der Waals surface area contributed by atoms with Crippen LogP contribution in [0, 0.1) is 0 Å². The molecule has 0 atom stereocenters. The van der Waals surface area contributed by atoms with E-state index in [4.69, 9.17) is 11.6 Å². The van der Waals surface area contributed by atoms with E-state index in [1.807, 2.05) is 6.07 Å². The molecule has 154 valence electrons. The molecule has 0 spiro atoms. The van der Waals surface area contributed by atoms with E-state index in [2.05, 4.69) is 15.6 Å². The number of rotatable bonds is 5. The summed E-state index contributed by atoms with van der Waals surface area (Å²) in [5.74, 6) is -0.952. The lowest BCUT2D eigenvalue weighted by Crippen LogP contribution is -2.17. The molecule has 0 aliphatic carbocycles. The molecule has 0 saturated heterocycles. The molecule has 2 N–H and O–H groups in total. The molecule has 2 amide bonds. The highest BCUT2D eigenvalue weighted by Crippen LogP contribution is 2.30. The lowest BCUT2D eigenvalue weighted by molar-refractivity contribution is -0.114. The van der Waals surface area contributed by atoms with Gasteiger partial charge in [0, 0.05) is 30.6 Å². The number of hydrogen-bond donors (Lipinski definition) is 2. The Labute approximate surface area is 179 Å². The first-order valence-corrected chi connectivity index (χ1v) is 11.1. The molecule has 0 radical (unpaired) electrons. The maximum absolute atomic E-state index is 12.8. The Kier molecular flexibility index (Phi) is 6.19. The molecule has 30 heavy (non-hydrogen) atoms. The average molecular weight is 444 g/mol. The quantitative estimate of drug-likeness (QED) is 0.619. The predicted octanol–water partition coefficient (Wildman–Crippen LogP) is 4.02. The van der Waals surface area contributed by atoms with E-state index in [0.29, 0.717) is 22.0 Å². The zero-order valence-electron chi connectivity index (χ0n) is 16.1. The number of aromatic nitrogens is 1. The minimum atomic E-state index is -3.51. The number of benzene rings is 2. The first-order valence-electron chi connectivity index (χ1n) is 8.79. The summed E-state index contributed by atoms with van der Waals surface area (Å²) in [5, 5.41) is 5.72. The second kappa shape index (κ2) is 8.64. The zero-order chi connectivity index (χ0) is 21.9. The zero-order valence-corrected chi connectivity index (χ0v) is 17.7. The van der Waals surface area contributed by atoms with Crippen LogP contribution >= 0.6 is 11.6 Å². The Balaban J connectivity index is 1.95. The van der Waals surface area contributed by atoms with Crippen molar-refractivity contribution in [3.63, 3.8) is 0 Å². The number of anilines is 2. The van der Waals surface area contributed by atoms with Gasteiger partial charge >= 0.3 is 0 Å². The van der Waals surface area contributed by atoms with E-state index in [1.165, 1.54) is 25.1 Å². The van der Waals surface area contributed by atoms with Crippen molar-refractivity contribution in [3.05, 3.63) is 71.4 Å².